The Morgan fingerprint density at radius 1 is 1.50 bits per heavy atom. The first kappa shape index (κ1) is 14.2. The summed E-state index contributed by atoms with van der Waals surface area (Å²) in [6.07, 6.45) is 4.80. The molecule has 1 N–H and O–H groups in total. The fraction of sp³-hybridized carbons (Fsp3) is 0.462. The van der Waals surface area contributed by atoms with Gasteiger partial charge >= 0.3 is 0 Å². The molecule has 5 heteroatoms. The Balaban J connectivity index is 2.09. The van der Waals surface area contributed by atoms with Gasteiger partial charge in [-0.05, 0) is 49.8 Å². The van der Waals surface area contributed by atoms with Crippen LogP contribution in [0.4, 0.5) is 5.69 Å². The highest BCUT2D eigenvalue weighted by Crippen LogP contribution is 2.43. The van der Waals surface area contributed by atoms with Crippen molar-refractivity contribution in [1.29, 1.82) is 0 Å². The third-order valence-corrected chi connectivity index (χ3v) is 5.77. The molecule has 0 spiro atoms. The van der Waals surface area contributed by atoms with Crippen LogP contribution in [0.25, 0.3) is 0 Å². The molecule has 1 fully saturated rings. The van der Waals surface area contributed by atoms with Crippen LogP contribution >= 0.6 is 39.3 Å². The van der Waals surface area contributed by atoms with E-state index in [2.05, 4.69) is 21.2 Å². The summed E-state index contributed by atoms with van der Waals surface area (Å²) in [5, 5.41) is 3.11. The molecule has 0 aromatic heterocycles. The van der Waals surface area contributed by atoms with Crippen LogP contribution < -0.4 is 5.32 Å². The van der Waals surface area contributed by atoms with Crippen LogP contribution in [0, 0.1) is 0 Å². The minimum absolute atomic E-state index is 0.0802. The minimum atomic E-state index is -0.757. The zero-order valence-corrected chi connectivity index (χ0v) is 13.2. The van der Waals surface area contributed by atoms with E-state index in [9.17, 15) is 4.79 Å². The third kappa shape index (κ3) is 2.86. The topological polar surface area (TPSA) is 29.1 Å². The minimum Gasteiger partial charge on any atom is -0.325 e. The lowest BCUT2D eigenvalue weighted by molar-refractivity contribution is -0.118. The molecule has 0 radical (unpaired) electrons. The van der Waals surface area contributed by atoms with Gasteiger partial charge in [0.25, 0.3) is 0 Å². The van der Waals surface area contributed by atoms with Crippen LogP contribution in [-0.2, 0) is 4.79 Å². The quantitative estimate of drug-likeness (QED) is 0.826. The lowest BCUT2D eigenvalue weighted by Crippen LogP contribution is -2.42. The normalized spacial score (nSPS) is 27.2. The van der Waals surface area contributed by atoms with E-state index in [1.165, 1.54) is 0 Å². The number of halogens is 2. The fourth-order valence-electron chi connectivity index (χ4n) is 2.27. The average Bonchev–Trinajstić information content (AvgIpc) is 2.75. The van der Waals surface area contributed by atoms with E-state index < -0.39 is 4.87 Å². The average molecular weight is 349 g/mol. The largest absolute Gasteiger partial charge is 0.325 e. The van der Waals surface area contributed by atoms with Crippen molar-refractivity contribution in [1.82, 2.24) is 0 Å². The van der Waals surface area contributed by atoms with Crippen molar-refractivity contribution >= 4 is 50.9 Å². The highest BCUT2D eigenvalue weighted by molar-refractivity contribution is 9.10. The number of carbonyl (C=O) groups excluding carboxylic acids is 1. The highest BCUT2D eigenvalue weighted by atomic mass is 79.9. The summed E-state index contributed by atoms with van der Waals surface area (Å²) in [6.45, 7) is 0. The first-order valence-corrected chi connectivity index (χ1v) is 8.31. The summed E-state index contributed by atoms with van der Waals surface area (Å²) < 4.78 is 0.990. The highest BCUT2D eigenvalue weighted by Gasteiger charge is 2.47. The summed E-state index contributed by atoms with van der Waals surface area (Å²) in [6, 6.07) is 7.53. The number of anilines is 1. The molecule has 1 aliphatic carbocycles. The van der Waals surface area contributed by atoms with E-state index in [-0.39, 0.29) is 11.2 Å². The zero-order valence-electron chi connectivity index (χ0n) is 10.1. The van der Waals surface area contributed by atoms with Gasteiger partial charge in [0.1, 0.15) is 4.87 Å². The summed E-state index contributed by atoms with van der Waals surface area (Å²) >= 11 is 11.6. The smallest absolute Gasteiger partial charge is 0.246 e. The Labute approximate surface area is 125 Å². The van der Waals surface area contributed by atoms with Gasteiger partial charge in [0, 0.05) is 15.4 Å². The summed E-state index contributed by atoms with van der Waals surface area (Å²) in [7, 11) is 0. The molecule has 2 unspecified atom stereocenters. The van der Waals surface area contributed by atoms with Crippen molar-refractivity contribution in [2.45, 2.75) is 29.4 Å². The molecule has 0 saturated heterocycles. The van der Waals surface area contributed by atoms with Gasteiger partial charge in [-0.1, -0.05) is 15.9 Å². The molecular weight excluding hydrogens is 334 g/mol. The van der Waals surface area contributed by atoms with Gasteiger partial charge in [-0.3, -0.25) is 4.79 Å². The molecule has 2 rings (SSSR count). The van der Waals surface area contributed by atoms with Crippen molar-refractivity contribution < 1.29 is 4.79 Å². The maximum Gasteiger partial charge on any atom is 0.246 e. The number of alkyl halides is 1. The molecule has 1 aliphatic rings. The van der Waals surface area contributed by atoms with E-state index in [1.54, 1.807) is 11.8 Å². The van der Waals surface area contributed by atoms with Crippen LogP contribution in [0.2, 0.25) is 0 Å². The van der Waals surface area contributed by atoms with Crippen molar-refractivity contribution in [3.63, 3.8) is 0 Å². The molecule has 1 amide bonds. The molecular formula is C13H15BrClNOS. The molecule has 0 aliphatic heterocycles. The van der Waals surface area contributed by atoms with Crippen molar-refractivity contribution in [2.75, 3.05) is 11.6 Å². The van der Waals surface area contributed by atoms with E-state index in [1.807, 2.05) is 30.5 Å². The number of amides is 1. The van der Waals surface area contributed by atoms with Crippen LogP contribution in [0.1, 0.15) is 19.3 Å². The van der Waals surface area contributed by atoms with Gasteiger partial charge in [0.15, 0.2) is 0 Å². The summed E-state index contributed by atoms with van der Waals surface area (Å²) in [5.41, 5.74) is 0.787. The second kappa shape index (κ2) is 5.85. The Hall–Kier alpha value is -0.190. The Kier molecular flexibility index (Phi) is 4.62. The maximum atomic E-state index is 12.3. The Bertz CT molecular complexity index is 439. The predicted molar refractivity (Wildman–Crippen MR) is 82.5 cm³/mol. The molecule has 1 saturated carbocycles. The van der Waals surface area contributed by atoms with Gasteiger partial charge < -0.3 is 5.32 Å². The molecule has 1 aromatic carbocycles. The van der Waals surface area contributed by atoms with E-state index in [0.29, 0.717) is 0 Å². The monoisotopic (exact) mass is 347 g/mol. The zero-order chi connectivity index (χ0) is 13.2. The molecule has 1 aromatic rings. The number of nitrogens with one attached hydrogen (secondary N) is 1. The number of rotatable bonds is 3. The van der Waals surface area contributed by atoms with Gasteiger partial charge in [-0.2, -0.15) is 11.8 Å². The lowest BCUT2D eigenvalue weighted by atomic mass is 10.1. The van der Waals surface area contributed by atoms with Crippen LogP contribution in [0.5, 0.6) is 0 Å². The number of hydrogen-bond acceptors (Lipinski definition) is 2. The van der Waals surface area contributed by atoms with Crippen LogP contribution in [-0.4, -0.2) is 22.3 Å². The number of benzene rings is 1. The van der Waals surface area contributed by atoms with Gasteiger partial charge in [0.2, 0.25) is 5.91 Å². The Morgan fingerprint density at radius 3 is 2.78 bits per heavy atom. The number of carbonyl (C=O) groups is 1. The van der Waals surface area contributed by atoms with Gasteiger partial charge in [-0.25, -0.2) is 0 Å². The molecule has 0 heterocycles. The van der Waals surface area contributed by atoms with Crippen LogP contribution in [0.3, 0.4) is 0 Å². The SMILES string of the molecule is CSC1CCCC1(Cl)C(=O)Nc1ccc(Br)cc1. The van der Waals surface area contributed by atoms with E-state index in [0.717, 1.165) is 29.4 Å². The fourth-order valence-corrected chi connectivity index (χ4v) is 4.09. The van der Waals surface area contributed by atoms with Crippen molar-refractivity contribution in [2.24, 2.45) is 0 Å². The lowest BCUT2D eigenvalue weighted by Gasteiger charge is -2.26. The third-order valence-electron chi connectivity index (χ3n) is 3.28. The van der Waals surface area contributed by atoms with E-state index >= 15 is 0 Å². The molecule has 98 valence electrons. The predicted octanol–water partition coefficient (Wildman–Crippen LogP) is 4.28. The molecule has 2 nitrogen and oxygen atoms in total. The van der Waals surface area contributed by atoms with Crippen molar-refractivity contribution in [3.8, 4) is 0 Å². The van der Waals surface area contributed by atoms with E-state index in [4.69, 9.17) is 11.6 Å². The molecule has 2 atom stereocenters. The Morgan fingerprint density at radius 2 is 2.17 bits per heavy atom. The second-order valence-corrected chi connectivity index (χ2v) is 7.07. The standard InChI is InChI=1S/C13H15BrClNOS/c1-18-11-3-2-8-13(11,15)12(17)16-10-6-4-9(14)5-7-10/h4-7,11H,2-3,8H2,1H3,(H,16,17). The van der Waals surface area contributed by atoms with Crippen molar-refractivity contribution in [3.05, 3.63) is 28.7 Å². The first-order chi connectivity index (χ1) is 8.56. The molecule has 18 heavy (non-hydrogen) atoms. The first-order valence-electron chi connectivity index (χ1n) is 5.85. The summed E-state index contributed by atoms with van der Waals surface area (Å²) in [4.78, 5) is 11.6. The maximum absolute atomic E-state index is 12.3. The number of thioether (sulfide) groups is 1. The molecule has 0 bridgehead atoms. The van der Waals surface area contributed by atoms with Crippen LogP contribution in [0.15, 0.2) is 28.7 Å². The number of hydrogen-bond donors (Lipinski definition) is 1. The second-order valence-electron chi connectivity index (χ2n) is 4.44. The van der Waals surface area contributed by atoms with Gasteiger partial charge in [-0.15, -0.1) is 11.6 Å². The van der Waals surface area contributed by atoms with Gasteiger partial charge in [0.05, 0.1) is 0 Å². The summed E-state index contributed by atoms with van der Waals surface area (Å²) in [5.74, 6) is -0.0802.